The zero-order valence-electron chi connectivity index (χ0n) is 21.9. The van der Waals surface area contributed by atoms with E-state index >= 15 is 0 Å². The van der Waals surface area contributed by atoms with Crippen LogP contribution in [0.2, 0.25) is 5.02 Å². The minimum absolute atomic E-state index is 0.0291. The van der Waals surface area contributed by atoms with E-state index < -0.39 is 11.9 Å². The fraction of sp³-hybridized carbons (Fsp3) is 0.385. The van der Waals surface area contributed by atoms with Crippen LogP contribution in [0.25, 0.3) is 10.9 Å². The highest BCUT2D eigenvalue weighted by Crippen LogP contribution is 2.35. The third kappa shape index (κ3) is 6.35. The van der Waals surface area contributed by atoms with Gasteiger partial charge in [-0.2, -0.15) is 5.10 Å². The summed E-state index contributed by atoms with van der Waals surface area (Å²) in [6.45, 7) is 4.11. The van der Waals surface area contributed by atoms with Crippen LogP contribution in [-0.4, -0.2) is 54.0 Å². The maximum Gasteiger partial charge on any atom is 0.338 e. The van der Waals surface area contributed by atoms with E-state index in [9.17, 15) is 14.4 Å². The number of carbonyl (C=O) groups excluding carboxylic acids is 3. The smallest absolute Gasteiger partial charge is 0.338 e. The molecule has 3 aromatic rings. The summed E-state index contributed by atoms with van der Waals surface area (Å²) in [6, 6.07) is 6.72. The standard InChI is InChI=1S/C26H31ClN6O6/c1-15(2)30-22(34)14-39-20-10-7-16(12-21(20)37-3)25(35)31-33(26(28)36)19-9-8-18-17(24(19)27)13-29-32(18)23-6-4-5-11-38-23/h7-10,12-13,15,23H,4-6,11,14H2,1-3H3,(H2,28,36)(H,30,34)(H,31,35). The molecule has 0 aliphatic carbocycles. The lowest BCUT2D eigenvalue weighted by molar-refractivity contribution is -0.123. The highest BCUT2D eigenvalue weighted by atomic mass is 35.5. The largest absolute Gasteiger partial charge is 0.493 e. The van der Waals surface area contributed by atoms with Gasteiger partial charge in [0.05, 0.1) is 29.5 Å². The van der Waals surface area contributed by atoms with Crippen LogP contribution in [-0.2, 0) is 9.53 Å². The fourth-order valence-electron chi connectivity index (χ4n) is 4.23. The summed E-state index contributed by atoms with van der Waals surface area (Å²) in [5.74, 6) is -0.454. The van der Waals surface area contributed by atoms with Gasteiger partial charge in [-0.1, -0.05) is 11.6 Å². The van der Waals surface area contributed by atoms with Gasteiger partial charge >= 0.3 is 6.03 Å². The number of methoxy groups -OCH3 is 1. The number of rotatable bonds is 8. The summed E-state index contributed by atoms with van der Waals surface area (Å²) < 4.78 is 18.5. The van der Waals surface area contributed by atoms with Crippen molar-refractivity contribution in [2.75, 3.05) is 25.3 Å². The van der Waals surface area contributed by atoms with E-state index in [1.165, 1.54) is 25.3 Å². The van der Waals surface area contributed by atoms with Gasteiger partial charge < -0.3 is 25.3 Å². The van der Waals surface area contributed by atoms with E-state index in [1.807, 2.05) is 13.8 Å². The first kappa shape index (κ1) is 28.0. The van der Waals surface area contributed by atoms with E-state index in [4.69, 9.17) is 31.5 Å². The van der Waals surface area contributed by atoms with E-state index in [0.717, 1.165) is 29.8 Å². The van der Waals surface area contributed by atoms with Gasteiger partial charge in [-0.05, 0) is 63.4 Å². The number of aromatic nitrogens is 2. The molecule has 1 atom stereocenters. The summed E-state index contributed by atoms with van der Waals surface area (Å²) >= 11 is 6.66. The van der Waals surface area contributed by atoms with Gasteiger partial charge in [0.1, 0.15) is 0 Å². The summed E-state index contributed by atoms with van der Waals surface area (Å²) in [4.78, 5) is 37.3. The number of hydrazine groups is 1. The Morgan fingerprint density at radius 3 is 2.69 bits per heavy atom. The van der Waals surface area contributed by atoms with Gasteiger partial charge in [0.25, 0.3) is 11.8 Å². The Morgan fingerprint density at radius 1 is 1.23 bits per heavy atom. The van der Waals surface area contributed by atoms with Crippen LogP contribution in [0.15, 0.2) is 36.5 Å². The maximum absolute atomic E-state index is 13.1. The number of nitrogens with zero attached hydrogens (tertiary/aromatic N) is 3. The Bertz CT molecular complexity index is 1370. The lowest BCUT2D eigenvalue weighted by Crippen LogP contribution is -2.49. The highest BCUT2D eigenvalue weighted by Gasteiger charge is 2.25. The lowest BCUT2D eigenvalue weighted by Gasteiger charge is -2.24. The number of nitrogens with one attached hydrogen (secondary N) is 2. The number of halogens is 1. The molecule has 39 heavy (non-hydrogen) atoms. The summed E-state index contributed by atoms with van der Waals surface area (Å²) in [5, 5.41) is 8.79. The SMILES string of the molecule is COc1cc(C(=O)NN(C(N)=O)c2ccc3c(cnn3C3CCCCO3)c2Cl)ccc1OCC(=O)NC(C)C. The molecule has 4 rings (SSSR count). The lowest BCUT2D eigenvalue weighted by atomic mass is 10.1. The molecular weight excluding hydrogens is 528 g/mol. The average Bonchev–Trinajstić information content (AvgIpc) is 3.36. The van der Waals surface area contributed by atoms with E-state index in [0.29, 0.717) is 12.0 Å². The second-order valence-corrected chi connectivity index (χ2v) is 9.61. The Hall–Kier alpha value is -4.03. The van der Waals surface area contributed by atoms with Gasteiger partial charge in [0, 0.05) is 23.6 Å². The van der Waals surface area contributed by atoms with Crippen molar-refractivity contribution in [3.8, 4) is 11.5 Å². The zero-order chi connectivity index (χ0) is 28.1. The van der Waals surface area contributed by atoms with Crippen molar-refractivity contribution in [1.82, 2.24) is 20.5 Å². The molecule has 2 aromatic carbocycles. The van der Waals surface area contributed by atoms with Crippen molar-refractivity contribution in [2.24, 2.45) is 5.73 Å². The quantitative estimate of drug-likeness (QED) is 0.358. The van der Waals surface area contributed by atoms with Crippen LogP contribution in [0.3, 0.4) is 0 Å². The first-order valence-electron chi connectivity index (χ1n) is 12.5. The van der Waals surface area contributed by atoms with Crippen molar-refractivity contribution in [3.05, 3.63) is 47.1 Å². The summed E-state index contributed by atoms with van der Waals surface area (Å²) in [5.41, 5.74) is 9.15. The first-order chi connectivity index (χ1) is 18.7. The summed E-state index contributed by atoms with van der Waals surface area (Å²) in [7, 11) is 1.40. The Kier molecular flexibility index (Phi) is 8.77. The monoisotopic (exact) mass is 558 g/mol. The molecule has 0 bridgehead atoms. The molecule has 1 fully saturated rings. The van der Waals surface area contributed by atoms with Crippen LogP contribution in [0.4, 0.5) is 10.5 Å². The number of amides is 4. The Morgan fingerprint density at radius 2 is 2.03 bits per heavy atom. The molecule has 1 aliphatic rings. The molecular formula is C26H31ClN6O6. The van der Waals surface area contributed by atoms with E-state index in [2.05, 4.69) is 15.8 Å². The van der Waals surface area contributed by atoms with Gasteiger partial charge in [-0.3, -0.25) is 15.0 Å². The topological polar surface area (TPSA) is 150 Å². The Labute approximate surface area is 230 Å². The molecule has 208 valence electrons. The third-order valence-corrected chi connectivity index (χ3v) is 6.43. The number of nitrogens with two attached hydrogens (primary N) is 1. The minimum atomic E-state index is -0.948. The number of hydrogen-bond donors (Lipinski definition) is 3. The minimum Gasteiger partial charge on any atom is -0.493 e. The van der Waals surface area contributed by atoms with Crippen LogP contribution < -0.4 is 31.0 Å². The average molecular weight is 559 g/mol. The van der Waals surface area contributed by atoms with Gasteiger partial charge in [-0.15, -0.1) is 0 Å². The second kappa shape index (κ2) is 12.2. The molecule has 0 saturated carbocycles. The van der Waals surface area contributed by atoms with Crippen LogP contribution in [0.1, 0.15) is 49.7 Å². The first-order valence-corrected chi connectivity index (χ1v) is 12.9. The predicted octanol–water partition coefficient (Wildman–Crippen LogP) is 3.53. The molecule has 4 amide bonds. The highest BCUT2D eigenvalue weighted by molar-refractivity contribution is 6.38. The van der Waals surface area contributed by atoms with Crippen molar-refractivity contribution in [1.29, 1.82) is 0 Å². The third-order valence-electron chi connectivity index (χ3n) is 6.03. The molecule has 0 spiro atoms. The van der Waals surface area contributed by atoms with Gasteiger partial charge in [0.15, 0.2) is 24.3 Å². The number of hydrogen-bond acceptors (Lipinski definition) is 7. The van der Waals surface area contributed by atoms with Crippen LogP contribution in [0.5, 0.6) is 11.5 Å². The normalized spacial score (nSPS) is 15.2. The predicted molar refractivity (Wildman–Crippen MR) is 145 cm³/mol. The van der Waals surface area contributed by atoms with Crippen molar-refractivity contribution in [3.63, 3.8) is 0 Å². The number of urea groups is 1. The van der Waals surface area contributed by atoms with E-state index in [1.54, 1.807) is 23.0 Å². The maximum atomic E-state index is 13.1. The molecule has 1 aromatic heterocycles. The molecule has 0 radical (unpaired) electrons. The number of fused-ring (bicyclic) bond motifs is 1. The fourth-order valence-corrected chi connectivity index (χ4v) is 4.52. The molecule has 1 unspecified atom stereocenters. The molecule has 12 nitrogen and oxygen atoms in total. The van der Waals surface area contributed by atoms with Gasteiger partial charge in [-0.25, -0.2) is 14.5 Å². The van der Waals surface area contributed by atoms with Gasteiger partial charge in [0.2, 0.25) is 0 Å². The van der Waals surface area contributed by atoms with Crippen LogP contribution in [0, 0.1) is 0 Å². The molecule has 13 heteroatoms. The van der Waals surface area contributed by atoms with Crippen LogP contribution >= 0.6 is 11.6 Å². The molecule has 1 aliphatic heterocycles. The number of benzene rings is 2. The molecule has 1 saturated heterocycles. The number of ether oxygens (including phenoxy) is 3. The number of anilines is 1. The second-order valence-electron chi connectivity index (χ2n) is 9.23. The molecule has 2 heterocycles. The zero-order valence-corrected chi connectivity index (χ0v) is 22.7. The summed E-state index contributed by atoms with van der Waals surface area (Å²) in [6.07, 6.45) is 4.26. The van der Waals surface area contributed by atoms with E-state index in [-0.39, 0.29) is 52.6 Å². The Balaban J connectivity index is 1.53. The van der Waals surface area contributed by atoms with Crippen molar-refractivity contribution in [2.45, 2.75) is 45.4 Å². The van der Waals surface area contributed by atoms with Crippen molar-refractivity contribution < 1.29 is 28.6 Å². The van der Waals surface area contributed by atoms with Crippen molar-refractivity contribution >= 4 is 46.0 Å². The molecule has 4 N–H and O–H groups in total. The number of primary amides is 1. The number of carbonyl (C=O) groups is 3.